The highest BCUT2D eigenvalue weighted by Crippen LogP contribution is 2.43. The Labute approximate surface area is 296 Å². The van der Waals surface area contributed by atoms with E-state index in [1.54, 1.807) is 0 Å². The average molecular weight is 671 g/mol. The van der Waals surface area contributed by atoms with Crippen LogP contribution in [0.15, 0.2) is 171 Å². The van der Waals surface area contributed by atoms with Gasteiger partial charge < -0.3 is 13.3 Å². The minimum atomic E-state index is 0.471. The zero-order valence-corrected chi connectivity index (χ0v) is 27.5. The summed E-state index contributed by atoms with van der Waals surface area (Å²) in [6, 6.07) is 52.8. The zero-order chi connectivity index (χ0) is 34.2. The Bertz CT molecular complexity index is 3030. The number of rotatable bonds is 5. The fourth-order valence-electron chi connectivity index (χ4n) is 7.33. The van der Waals surface area contributed by atoms with Gasteiger partial charge in [-0.3, -0.25) is 4.90 Å². The van der Waals surface area contributed by atoms with Crippen LogP contribution in [0.4, 0.5) is 17.3 Å². The van der Waals surface area contributed by atoms with Crippen molar-refractivity contribution in [1.82, 2.24) is 15.0 Å². The number of para-hydroxylation sites is 4. The predicted molar refractivity (Wildman–Crippen MR) is 207 cm³/mol. The van der Waals surface area contributed by atoms with E-state index in [4.69, 9.17) is 28.2 Å². The highest BCUT2D eigenvalue weighted by molar-refractivity contribution is 6.13. The van der Waals surface area contributed by atoms with E-state index in [1.807, 2.05) is 109 Å². The van der Waals surface area contributed by atoms with Crippen LogP contribution < -0.4 is 4.90 Å². The van der Waals surface area contributed by atoms with Crippen LogP contribution in [-0.2, 0) is 0 Å². The van der Waals surface area contributed by atoms with Crippen molar-refractivity contribution in [2.45, 2.75) is 0 Å². The Hall–Kier alpha value is -7.25. The van der Waals surface area contributed by atoms with Gasteiger partial charge in [-0.2, -0.15) is 9.97 Å². The van der Waals surface area contributed by atoms with Crippen LogP contribution in [0.1, 0.15) is 0 Å². The summed E-state index contributed by atoms with van der Waals surface area (Å²) in [4.78, 5) is 17.8. The monoisotopic (exact) mass is 670 g/mol. The van der Waals surface area contributed by atoms with E-state index in [1.165, 1.54) is 0 Å². The molecule has 11 aromatic rings. The first kappa shape index (κ1) is 28.6. The smallest absolute Gasteiger partial charge is 0.238 e. The van der Waals surface area contributed by atoms with Crippen LogP contribution >= 0.6 is 0 Å². The fraction of sp³-hybridized carbons (Fsp3) is 0. The maximum absolute atomic E-state index is 6.34. The molecule has 0 unspecified atom stereocenters. The van der Waals surface area contributed by atoms with Gasteiger partial charge >= 0.3 is 0 Å². The van der Waals surface area contributed by atoms with Crippen molar-refractivity contribution < 1.29 is 13.3 Å². The van der Waals surface area contributed by atoms with Gasteiger partial charge in [-0.1, -0.05) is 78.9 Å². The Balaban J connectivity index is 1.19. The molecule has 0 atom stereocenters. The van der Waals surface area contributed by atoms with Crippen LogP contribution in [-0.4, -0.2) is 15.0 Å². The second-order valence-electron chi connectivity index (χ2n) is 12.8. The second-order valence-corrected chi connectivity index (χ2v) is 12.8. The van der Waals surface area contributed by atoms with E-state index >= 15 is 0 Å². The largest absolute Gasteiger partial charge is 0.456 e. The van der Waals surface area contributed by atoms with E-state index in [-0.39, 0.29) is 0 Å². The maximum Gasteiger partial charge on any atom is 0.238 e. The van der Waals surface area contributed by atoms with Gasteiger partial charge in [-0.15, -0.1) is 0 Å². The number of furan rings is 3. The molecule has 0 saturated heterocycles. The van der Waals surface area contributed by atoms with Crippen molar-refractivity contribution in [3.05, 3.63) is 158 Å². The fourth-order valence-corrected chi connectivity index (χ4v) is 7.33. The lowest BCUT2D eigenvalue weighted by atomic mass is 10.1. The molecule has 0 aliphatic rings. The molecule has 4 aromatic heterocycles. The molecule has 0 aliphatic carbocycles. The number of nitrogens with zero attached hydrogens (tertiary/aromatic N) is 4. The Kier molecular flexibility index (Phi) is 6.12. The van der Waals surface area contributed by atoms with Crippen molar-refractivity contribution >= 4 is 83.1 Å². The molecular formula is C45H26N4O3. The minimum absolute atomic E-state index is 0.471. The summed E-state index contributed by atoms with van der Waals surface area (Å²) < 4.78 is 18.7. The summed E-state index contributed by atoms with van der Waals surface area (Å²) in [5.74, 6) is 1.54. The minimum Gasteiger partial charge on any atom is -0.456 e. The lowest BCUT2D eigenvalue weighted by molar-refractivity contribution is 0.668. The summed E-state index contributed by atoms with van der Waals surface area (Å²) in [7, 11) is 0. The van der Waals surface area contributed by atoms with Gasteiger partial charge in [-0.05, 0) is 78.9 Å². The van der Waals surface area contributed by atoms with E-state index in [0.29, 0.717) is 17.6 Å². The first-order valence-electron chi connectivity index (χ1n) is 17.1. The molecular weight excluding hydrogens is 645 g/mol. The van der Waals surface area contributed by atoms with Gasteiger partial charge in [0.05, 0.1) is 11.1 Å². The van der Waals surface area contributed by atoms with Gasteiger partial charge in [-0.25, -0.2) is 4.98 Å². The molecule has 0 saturated carbocycles. The summed E-state index contributed by atoms with van der Waals surface area (Å²) in [6.45, 7) is 0. The molecule has 244 valence electrons. The molecule has 11 rings (SSSR count). The first-order valence-corrected chi connectivity index (χ1v) is 17.1. The van der Waals surface area contributed by atoms with Crippen molar-refractivity contribution in [2.75, 3.05) is 4.90 Å². The Morgan fingerprint density at radius 1 is 0.365 bits per heavy atom. The standard InChI is InChI=1S/C45H26N4O3/c1-2-11-29(12-3-1)49(35-16-10-20-41-42(35)32-15-6-9-19-38(32)52-41)45-47-43(27-21-23-39-33(25-27)30-13-4-7-17-36(30)50-39)46-44(48-45)28-22-24-40-34(26-28)31-14-5-8-18-37(31)51-40/h1-26H. The molecule has 7 aromatic carbocycles. The van der Waals surface area contributed by atoms with Crippen molar-refractivity contribution in [1.29, 1.82) is 0 Å². The van der Waals surface area contributed by atoms with Gasteiger partial charge in [0.2, 0.25) is 5.95 Å². The van der Waals surface area contributed by atoms with E-state index in [9.17, 15) is 0 Å². The van der Waals surface area contributed by atoms with Gasteiger partial charge in [0.15, 0.2) is 11.6 Å². The normalized spacial score (nSPS) is 11.8. The third kappa shape index (κ3) is 4.43. The summed E-state index contributed by atoms with van der Waals surface area (Å²) in [6.07, 6.45) is 0. The van der Waals surface area contributed by atoms with Crippen LogP contribution in [0, 0.1) is 0 Å². The molecule has 0 aliphatic heterocycles. The maximum atomic E-state index is 6.34. The lowest BCUT2D eigenvalue weighted by Crippen LogP contribution is -2.15. The molecule has 7 nitrogen and oxygen atoms in total. The average Bonchev–Trinajstić information content (AvgIpc) is 3.89. The predicted octanol–water partition coefficient (Wildman–Crippen LogP) is 12.4. The number of benzene rings is 7. The third-order valence-electron chi connectivity index (χ3n) is 9.73. The van der Waals surface area contributed by atoms with Gasteiger partial charge in [0, 0.05) is 43.7 Å². The molecule has 52 heavy (non-hydrogen) atoms. The number of fused-ring (bicyclic) bond motifs is 9. The summed E-state index contributed by atoms with van der Waals surface area (Å²) >= 11 is 0. The quantitative estimate of drug-likeness (QED) is 0.180. The van der Waals surface area contributed by atoms with Gasteiger partial charge in [0.1, 0.15) is 33.5 Å². The lowest BCUT2D eigenvalue weighted by Gasteiger charge is -2.24. The number of anilines is 3. The van der Waals surface area contributed by atoms with Gasteiger partial charge in [0.25, 0.3) is 0 Å². The molecule has 0 N–H and O–H groups in total. The van der Waals surface area contributed by atoms with Crippen LogP contribution in [0.25, 0.3) is 88.6 Å². The Morgan fingerprint density at radius 3 is 1.46 bits per heavy atom. The van der Waals surface area contributed by atoms with Crippen molar-refractivity contribution in [3.63, 3.8) is 0 Å². The van der Waals surface area contributed by atoms with Crippen LogP contribution in [0.3, 0.4) is 0 Å². The van der Waals surface area contributed by atoms with E-state index in [2.05, 4.69) is 53.4 Å². The molecule has 0 spiro atoms. The van der Waals surface area contributed by atoms with Crippen molar-refractivity contribution in [2.24, 2.45) is 0 Å². The summed E-state index contributed by atoms with van der Waals surface area (Å²) in [5.41, 5.74) is 8.37. The zero-order valence-electron chi connectivity index (χ0n) is 27.5. The first-order chi connectivity index (χ1) is 25.7. The second kappa shape index (κ2) is 11.1. The number of aromatic nitrogens is 3. The molecule has 0 amide bonds. The van der Waals surface area contributed by atoms with Crippen LogP contribution in [0.5, 0.6) is 0 Å². The molecule has 0 bridgehead atoms. The molecule has 4 heterocycles. The topological polar surface area (TPSA) is 81.3 Å². The number of hydrogen-bond acceptors (Lipinski definition) is 7. The SMILES string of the molecule is c1ccc(N(c2nc(-c3ccc4oc5ccccc5c4c3)nc(-c3ccc4oc5ccccc5c4c3)n2)c2cccc3oc4ccccc4c23)cc1. The van der Waals surface area contributed by atoms with Crippen LogP contribution in [0.2, 0.25) is 0 Å². The Morgan fingerprint density at radius 2 is 0.846 bits per heavy atom. The van der Waals surface area contributed by atoms with E-state index < -0.39 is 0 Å². The molecule has 0 radical (unpaired) electrons. The third-order valence-corrected chi connectivity index (χ3v) is 9.73. The van der Waals surface area contributed by atoms with E-state index in [0.717, 1.165) is 88.3 Å². The molecule has 7 heteroatoms. The summed E-state index contributed by atoms with van der Waals surface area (Å²) in [5, 5.41) is 6.06. The molecule has 0 fully saturated rings. The number of hydrogen-bond donors (Lipinski definition) is 0. The highest BCUT2D eigenvalue weighted by Gasteiger charge is 2.24. The van der Waals surface area contributed by atoms with Crippen molar-refractivity contribution in [3.8, 4) is 22.8 Å². The highest BCUT2D eigenvalue weighted by atomic mass is 16.3.